The van der Waals surface area contributed by atoms with Crippen LogP contribution < -0.4 is 0 Å². The fourth-order valence-electron chi connectivity index (χ4n) is 5.53. The van der Waals surface area contributed by atoms with E-state index < -0.39 is 63.1 Å². The Bertz CT molecular complexity index is 787. The van der Waals surface area contributed by atoms with Crippen molar-refractivity contribution in [3.63, 3.8) is 0 Å². The Balaban J connectivity index is 2.48. The first-order valence-electron chi connectivity index (χ1n) is 17.9. The van der Waals surface area contributed by atoms with Gasteiger partial charge >= 0.3 is 13.8 Å². The maximum atomic E-state index is 12.7. The van der Waals surface area contributed by atoms with Gasteiger partial charge in [-0.1, -0.05) is 123 Å². The zero-order chi connectivity index (χ0) is 34.2. The number of phosphoric ester groups is 1. The number of phosphoric acid groups is 1. The van der Waals surface area contributed by atoms with Crippen LogP contribution >= 0.6 is 7.82 Å². The van der Waals surface area contributed by atoms with Gasteiger partial charge in [0.05, 0.1) is 13.2 Å². The maximum absolute atomic E-state index is 12.7. The predicted molar refractivity (Wildman–Crippen MR) is 175 cm³/mol. The summed E-state index contributed by atoms with van der Waals surface area (Å²) in [6.45, 7) is 4.17. The molecule has 0 amide bonds. The minimum Gasteiger partial charge on any atom is -0.457 e. The number of aliphatic hydroxyl groups excluding tert-OH is 5. The van der Waals surface area contributed by atoms with E-state index in [9.17, 15) is 39.8 Å². The molecule has 12 nitrogen and oxygen atoms in total. The molecule has 0 aromatic rings. The number of unbranched alkanes of at least 4 members (excludes halogenated alkanes) is 17. The number of carbonyl (C=O) groups is 1. The fraction of sp³-hybridized carbons (Fsp3) is 0.970. The maximum Gasteiger partial charge on any atom is 0.472 e. The normalized spacial score (nSPS) is 25.3. The minimum absolute atomic E-state index is 0.0703. The molecule has 6 unspecified atom stereocenters. The fourth-order valence-corrected chi connectivity index (χ4v) is 6.50. The molecule has 1 aliphatic rings. The van der Waals surface area contributed by atoms with Crippen molar-refractivity contribution in [2.24, 2.45) is 0 Å². The molecule has 274 valence electrons. The van der Waals surface area contributed by atoms with E-state index in [1.165, 1.54) is 70.6 Å². The highest BCUT2D eigenvalue weighted by molar-refractivity contribution is 7.47. The molecule has 0 aromatic carbocycles. The number of ether oxygens (including phenoxy) is 2. The van der Waals surface area contributed by atoms with Crippen molar-refractivity contribution >= 4 is 13.8 Å². The third-order valence-electron chi connectivity index (χ3n) is 8.48. The highest BCUT2D eigenvalue weighted by Crippen LogP contribution is 2.47. The highest BCUT2D eigenvalue weighted by atomic mass is 31.2. The van der Waals surface area contributed by atoms with Gasteiger partial charge in [-0.2, -0.15) is 0 Å². The monoisotopic (exact) mass is 684 g/mol. The van der Waals surface area contributed by atoms with Crippen molar-refractivity contribution < 1.29 is 58.3 Å². The molecule has 0 aliphatic heterocycles. The van der Waals surface area contributed by atoms with Crippen LogP contribution in [0.1, 0.15) is 142 Å². The lowest BCUT2D eigenvalue weighted by Gasteiger charge is -2.41. The van der Waals surface area contributed by atoms with E-state index in [-0.39, 0.29) is 13.0 Å². The third-order valence-corrected chi connectivity index (χ3v) is 9.47. The smallest absolute Gasteiger partial charge is 0.457 e. The first-order chi connectivity index (χ1) is 22.0. The van der Waals surface area contributed by atoms with Gasteiger partial charge in [0.15, 0.2) is 0 Å². The van der Waals surface area contributed by atoms with E-state index in [4.69, 9.17) is 18.5 Å². The van der Waals surface area contributed by atoms with E-state index in [1.54, 1.807) is 0 Å². The van der Waals surface area contributed by atoms with E-state index in [1.807, 2.05) is 0 Å². The van der Waals surface area contributed by atoms with Crippen LogP contribution in [0.3, 0.4) is 0 Å². The molecule has 1 saturated carbocycles. The van der Waals surface area contributed by atoms with Crippen molar-refractivity contribution in [1.82, 2.24) is 0 Å². The van der Waals surface area contributed by atoms with E-state index in [0.29, 0.717) is 13.0 Å². The largest absolute Gasteiger partial charge is 0.472 e. The van der Waals surface area contributed by atoms with Gasteiger partial charge in [0.1, 0.15) is 42.7 Å². The molecule has 1 rings (SSSR count). The summed E-state index contributed by atoms with van der Waals surface area (Å²) >= 11 is 0. The van der Waals surface area contributed by atoms with Crippen LogP contribution in [0.4, 0.5) is 0 Å². The van der Waals surface area contributed by atoms with Crippen molar-refractivity contribution in [2.45, 2.75) is 185 Å². The standard InChI is InChI=1S/C33H65O12P/c1-3-5-7-9-11-12-13-14-15-17-19-21-23-42-24-26(44-27(34)22-20-18-16-10-8-6-4-2)25-43-46(40,41)45-33-31(38)29(36)28(35)30(37)32(33)39/h26,28-33,35-39H,3-25H2,1-2H3,(H,40,41)/t26-,28?,29-,30?,31?,32?,33?/m1/s1. The summed E-state index contributed by atoms with van der Waals surface area (Å²) in [5.74, 6) is -0.483. The Labute approximate surface area is 276 Å². The van der Waals surface area contributed by atoms with E-state index in [2.05, 4.69) is 13.8 Å². The lowest BCUT2D eigenvalue weighted by Crippen LogP contribution is -2.64. The summed E-state index contributed by atoms with van der Waals surface area (Å²) in [7, 11) is -4.99. The van der Waals surface area contributed by atoms with Crippen LogP contribution in [0.2, 0.25) is 0 Å². The number of aliphatic hydroxyl groups is 5. The minimum atomic E-state index is -4.99. The Hall–Kier alpha value is -0.660. The second kappa shape index (κ2) is 26.2. The van der Waals surface area contributed by atoms with Crippen LogP contribution in [-0.2, 0) is 27.9 Å². The summed E-state index contributed by atoms with van der Waals surface area (Å²) < 4.78 is 33.8. The highest BCUT2D eigenvalue weighted by Gasteiger charge is 2.51. The molecule has 1 aliphatic carbocycles. The SMILES string of the molecule is CCCCCCCCCCCCCCOC[C@H](COP(=O)(O)OC1C(O)C(O)C(O)[C@@H](O)C1O)OC(=O)CCCCCCCCC. The summed E-state index contributed by atoms with van der Waals surface area (Å²) in [6, 6.07) is 0. The number of esters is 1. The summed E-state index contributed by atoms with van der Waals surface area (Å²) in [5.41, 5.74) is 0. The van der Waals surface area contributed by atoms with Gasteiger partial charge in [0.25, 0.3) is 0 Å². The first kappa shape index (κ1) is 43.4. The predicted octanol–water partition coefficient (Wildman–Crippen LogP) is 5.08. The second-order valence-electron chi connectivity index (χ2n) is 12.7. The molecule has 0 bridgehead atoms. The Morgan fingerprint density at radius 2 is 1.02 bits per heavy atom. The molecule has 0 heterocycles. The molecule has 46 heavy (non-hydrogen) atoms. The van der Waals surface area contributed by atoms with Crippen LogP contribution in [0.25, 0.3) is 0 Å². The average molecular weight is 685 g/mol. The van der Waals surface area contributed by atoms with Crippen LogP contribution in [0.5, 0.6) is 0 Å². The Morgan fingerprint density at radius 1 is 0.609 bits per heavy atom. The number of carbonyl (C=O) groups excluding carboxylic acids is 1. The summed E-state index contributed by atoms with van der Waals surface area (Å²) in [6.07, 6.45) is 9.32. The number of rotatable bonds is 29. The van der Waals surface area contributed by atoms with Gasteiger partial charge in [-0.05, 0) is 12.8 Å². The van der Waals surface area contributed by atoms with Crippen LogP contribution in [-0.4, -0.2) is 98.9 Å². The average Bonchev–Trinajstić information content (AvgIpc) is 3.03. The molecule has 1 fully saturated rings. The number of hydrogen-bond acceptors (Lipinski definition) is 11. The van der Waals surface area contributed by atoms with Gasteiger partial charge in [-0.3, -0.25) is 13.8 Å². The van der Waals surface area contributed by atoms with E-state index >= 15 is 0 Å². The lowest BCUT2D eigenvalue weighted by molar-refractivity contribution is -0.220. The van der Waals surface area contributed by atoms with Gasteiger partial charge in [-0.25, -0.2) is 4.57 Å². The van der Waals surface area contributed by atoms with Crippen molar-refractivity contribution in [1.29, 1.82) is 0 Å². The van der Waals surface area contributed by atoms with Gasteiger partial charge in [0.2, 0.25) is 0 Å². The van der Waals surface area contributed by atoms with Gasteiger partial charge < -0.3 is 39.9 Å². The molecule has 8 atom stereocenters. The quantitative estimate of drug-likeness (QED) is 0.0348. The molecule has 0 aromatic heterocycles. The third kappa shape index (κ3) is 19.4. The van der Waals surface area contributed by atoms with Crippen molar-refractivity contribution in [2.75, 3.05) is 19.8 Å². The molecular formula is C33H65O12P. The zero-order valence-electron chi connectivity index (χ0n) is 28.4. The van der Waals surface area contributed by atoms with Crippen molar-refractivity contribution in [3.05, 3.63) is 0 Å². The molecular weight excluding hydrogens is 619 g/mol. The second-order valence-corrected chi connectivity index (χ2v) is 14.1. The molecule has 0 saturated heterocycles. The molecule has 13 heteroatoms. The Kier molecular flexibility index (Phi) is 24.7. The molecule has 6 N–H and O–H groups in total. The van der Waals surface area contributed by atoms with Crippen LogP contribution in [0.15, 0.2) is 0 Å². The van der Waals surface area contributed by atoms with Gasteiger partial charge in [0, 0.05) is 13.0 Å². The Morgan fingerprint density at radius 3 is 1.50 bits per heavy atom. The zero-order valence-corrected chi connectivity index (χ0v) is 29.3. The first-order valence-corrected chi connectivity index (χ1v) is 19.4. The van der Waals surface area contributed by atoms with Crippen LogP contribution in [0, 0.1) is 0 Å². The topological polar surface area (TPSA) is 192 Å². The summed E-state index contributed by atoms with van der Waals surface area (Å²) in [5, 5.41) is 49.7. The molecule has 0 spiro atoms. The number of hydrogen-bond donors (Lipinski definition) is 6. The summed E-state index contributed by atoms with van der Waals surface area (Å²) in [4.78, 5) is 22.8. The molecule has 0 radical (unpaired) electrons. The lowest BCUT2D eigenvalue weighted by atomic mass is 9.85. The van der Waals surface area contributed by atoms with Gasteiger partial charge in [-0.15, -0.1) is 0 Å². The van der Waals surface area contributed by atoms with E-state index in [0.717, 1.165) is 44.9 Å². The van der Waals surface area contributed by atoms with Crippen molar-refractivity contribution in [3.8, 4) is 0 Å².